The summed E-state index contributed by atoms with van der Waals surface area (Å²) in [5, 5.41) is 0.750. The number of hydrogen-bond donors (Lipinski definition) is 0. The quantitative estimate of drug-likeness (QED) is 0.764. The molecule has 0 atom stereocenters. The van der Waals surface area contributed by atoms with E-state index in [0.29, 0.717) is 11.2 Å². The Morgan fingerprint density at radius 3 is 2.55 bits per heavy atom. The molecule has 2 nitrogen and oxygen atoms in total. The van der Waals surface area contributed by atoms with Gasteiger partial charge in [-0.1, -0.05) is 12.0 Å². The molecule has 0 amide bonds. The number of alkyl halides is 3. The van der Waals surface area contributed by atoms with Gasteiger partial charge in [0.15, 0.2) is 0 Å². The van der Waals surface area contributed by atoms with E-state index in [1.165, 1.54) is 4.57 Å². The molecule has 0 fully saturated rings. The standard InChI is InChI=1S/C15H14F3N2/c1-4-6-11-9-12-13(19(2)3)7-5-8-14(12)20(11)10-15(16,17)18/h5,7-9H,1,10H2,2-3H3. The largest absolute Gasteiger partial charge is 0.406 e. The zero-order valence-corrected chi connectivity index (χ0v) is 11.3. The van der Waals surface area contributed by atoms with Gasteiger partial charge in [0.25, 0.3) is 0 Å². The molecule has 20 heavy (non-hydrogen) atoms. The predicted octanol–water partition coefficient (Wildman–Crippen LogP) is 3.46. The molecule has 1 heterocycles. The lowest BCUT2D eigenvalue weighted by molar-refractivity contribution is -0.140. The molecule has 0 saturated carbocycles. The zero-order valence-electron chi connectivity index (χ0n) is 11.3. The van der Waals surface area contributed by atoms with Gasteiger partial charge in [0.2, 0.25) is 0 Å². The second-order valence-electron chi connectivity index (χ2n) is 4.64. The molecule has 0 N–H and O–H groups in total. The van der Waals surface area contributed by atoms with Gasteiger partial charge in [0.05, 0.1) is 11.2 Å². The van der Waals surface area contributed by atoms with Crippen molar-refractivity contribution in [1.82, 2.24) is 4.57 Å². The maximum absolute atomic E-state index is 12.7. The van der Waals surface area contributed by atoms with Gasteiger partial charge in [-0.05, 0) is 24.1 Å². The minimum absolute atomic E-state index is 0.321. The van der Waals surface area contributed by atoms with Crippen LogP contribution in [0.15, 0.2) is 24.3 Å². The number of rotatable bonds is 2. The third-order valence-electron chi connectivity index (χ3n) is 2.96. The minimum atomic E-state index is -4.29. The van der Waals surface area contributed by atoms with Gasteiger partial charge in [-0.3, -0.25) is 0 Å². The Morgan fingerprint density at radius 1 is 1.30 bits per heavy atom. The molecule has 0 unspecified atom stereocenters. The van der Waals surface area contributed by atoms with Crippen LogP contribution in [-0.2, 0) is 6.54 Å². The first-order valence-corrected chi connectivity index (χ1v) is 5.98. The van der Waals surface area contributed by atoms with E-state index in [1.807, 2.05) is 25.1 Å². The van der Waals surface area contributed by atoms with E-state index < -0.39 is 12.7 Å². The Labute approximate surface area is 115 Å². The van der Waals surface area contributed by atoms with Crippen molar-refractivity contribution in [2.75, 3.05) is 19.0 Å². The van der Waals surface area contributed by atoms with E-state index in [2.05, 4.69) is 18.8 Å². The second kappa shape index (κ2) is 5.12. The summed E-state index contributed by atoms with van der Waals surface area (Å²) < 4.78 is 39.4. The van der Waals surface area contributed by atoms with Crippen LogP contribution in [0.25, 0.3) is 10.9 Å². The predicted molar refractivity (Wildman–Crippen MR) is 74.6 cm³/mol. The van der Waals surface area contributed by atoms with Crippen molar-refractivity contribution in [3.8, 4) is 11.8 Å². The van der Waals surface area contributed by atoms with E-state index in [-0.39, 0.29) is 0 Å². The van der Waals surface area contributed by atoms with Crippen LogP contribution in [0.1, 0.15) is 5.69 Å². The monoisotopic (exact) mass is 279 g/mol. The topological polar surface area (TPSA) is 8.17 Å². The highest BCUT2D eigenvalue weighted by molar-refractivity contribution is 5.94. The molecule has 5 heteroatoms. The van der Waals surface area contributed by atoms with E-state index in [9.17, 15) is 13.2 Å². The van der Waals surface area contributed by atoms with E-state index >= 15 is 0 Å². The van der Waals surface area contributed by atoms with Crippen LogP contribution < -0.4 is 4.90 Å². The number of anilines is 1. The van der Waals surface area contributed by atoms with E-state index in [1.54, 1.807) is 18.2 Å². The summed E-state index contributed by atoms with van der Waals surface area (Å²) in [4.78, 5) is 1.86. The summed E-state index contributed by atoms with van der Waals surface area (Å²) in [6.07, 6.45) is -4.29. The first kappa shape index (κ1) is 14.3. The lowest BCUT2D eigenvalue weighted by atomic mass is 10.2. The lowest BCUT2D eigenvalue weighted by Gasteiger charge is -2.15. The van der Waals surface area contributed by atoms with Crippen molar-refractivity contribution < 1.29 is 13.2 Å². The van der Waals surface area contributed by atoms with Gasteiger partial charge >= 0.3 is 6.18 Å². The normalized spacial score (nSPS) is 11.3. The fraction of sp³-hybridized carbons (Fsp3) is 0.267. The highest BCUT2D eigenvalue weighted by atomic mass is 19.4. The van der Waals surface area contributed by atoms with Gasteiger partial charge < -0.3 is 9.47 Å². The summed E-state index contributed by atoms with van der Waals surface area (Å²) in [7, 11) is 3.70. The molecular formula is C15H14F3N2. The average Bonchev–Trinajstić information content (AvgIpc) is 2.66. The van der Waals surface area contributed by atoms with Crippen LogP contribution in [0.5, 0.6) is 0 Å². The number of nitrogens with zero attached hydrogens (tertiary/aromatic N) is 2. The Bertz CT molecular complexity index is 685. The molecule has 0 aliphatic heterocycles. The molecule has 0 aliphatic carbocycles. The molecule has 2 rings (SSSR count). The summed E-state index contributed by atoms with van der Waals surface area (Å²) in [5.74, 6) is 5.06. The van der Waals surface area contributed by atoms with Crippen molar-refractivity contribution >= 4 is 16.6 Å². The van der Waals surface area contributed by atoms with Gasteiger partial charge in [-0.2, -0.15) is 13.2 Å². The lowest BCUT2D eigenvalue weighted by Crippen LogP contribution is -2.18. The summed E-state index contributed by atoms with van der Waals surface area (Å²) in [6, 6.07) is 6.95. The summed E-state index contributed by atoms with van der Waals surface area (Å²) in [6.45, 7) is 2.32. The molecule has 1 radical (unpaired) electrons. The van der Waals surface area contributed by atoms with Crippen LogP contribution in [0.4, 0.5) is 18.9 Å². The molecule has 0 spiro atoms. The smallest absolute Gasteiger partial charge is 0.377 e. The van der Waals surface area contributed by atoms with Crippen LogP contribution in [-0.4, -0.2) is 24.8 Å². The maximum atomic E-state index is 12.7. The molecule has 0 aliphatic rings. The fourth-order valence-electron chi connectivity index (χ4n) is 2.20. The van der Waals surface area contributed by atoms with Crippen molar-refractivity contribution in [2.45, 2.75) is 12.7 Å². The van der Waals surface area contributed by atoms with Gasteiger partial charge in [-0.15, -0.1) is 0 Å². The van der Waals surface area contributed by atoms with Crippen LogP contribution in [0.3, 0.4) is 0 Å². The third-order valence-corrected chi connectivity index (χ3v) is 2.96. The second-order valence-corrected chi connectivity index (χ2v) is 4.64. The Morgan fingerprint density at radius 2 is 2.00 bits per heavy atom. The third kappa shape index (κ3) is 2.74. The molecule has 0 saturated heterocycles. The van der Waals surface area contributed by atoms with Crippen LogP contribution >= 0.6 is 0 Å². The van der Waals surface area contributed by atoms with Crippen molar-refractivity contribution in [1.29, 1.82) is 0 Å². The number of aromatic nitrogens is 1. The van der Waals surface area contributed by atoms with Crippen LogP contribution in [0, 0.1) is 18.8 Å². The first-order chi connectivity index (χ1) is 9.33. The molecule has 0 bridgehead atoms. The Balaban J connectivity index is 2.72. The molecule has 2 aromatic rings. The average molecular weight is 279 g/mol. The molecule has 105 valence electrons. The van der Waals surface area contributed by atoms with Crippen LogP contribution in [0.2, 0.25) is 0 Å². The van der Waals surface area contributed by atoms with E-state index in [4.69, 9.17) is 0 Å². The SMILES string of the molecule is [CH2]C#Cc1cc2c(N(C)C)cccc2n1CC(F)(F)F. The molecular weight excluding hydrogens is 265 g/mol. The molecule has 1 aromatic heterocycles. The first-order valence-electron chi connectivity index (χ1n) is 5.98. The number of hydrogen-bond acceptors (Lipinski definition) is 1. The van der Waals surface area contributed by atoms with Gasteiger partial charge in [0.1, 0.15) is 6.54 Å². The Hall–Kier alpha value is -2.09. The fourth-order valence-corrected chi connectivity index (χ4v) is 2.20. The highest BCUT2D eigenvalue weighted by Crippen LogP contribution is 2.31. The number of halogens is 3. The van der Waals surface area contributed by atoms with Gasteiger partial charge in [-0.25, -0.2) is 0 Å². The maximum Gasteiger partial charge on any atom is 0.406 e. The summed E-state index contributed by atoms with van der Waals surface area (Å²) >= 11 is 0. The number of benzene rings is 1. The van der Waals surface area contributed by atoms with E-state index in [0.717, 1.165) is 11.1 Å². The van der Waals surface area contributed by atoms with Crippen molar-refractivity contribution in [3.63, 3.8) is 0 Å². The van der Waals surface area contributed by atoms with Crippen molar-refractivity contribution in [2.24, 2.45) is 0 Å². The Kier molecular flexibility index (Phi) is 3.67. The highest BCUT2D eigenvalue weighted by Gasteiger charge is 2.29. The molecule has 1 aromatic carbocycles. The summed E-state index contributed by atoms with van der Waals surface area (Å²) in [5.41, 5.74) is 1.70. The number of fused-ring (bicyclic) bond motifs is 1. The van der Waals surface area contributed by atoms with Crippen molar-refractivity contribution in [3.05, 3.63) is 36.9 Å². The zero-order chi connectivity index (χ0) is 14.9. The minimum Gasteiger partial charge on any atom is -0.377 e. The van der Waals surface area contributed by atoms with Gasteiger partial charge in [0, 0.05) is 32.1 Å².